The van der Waals surface area contributed by atoms with Gasteiger partial charge in [-0.3, -0.25) is 9.78 Å². The van der Waals surface area contributed by atoms with E-state index in [4.69, 9.17) is 9.47 Å². The van der Waals surface area contributed by atoms with Crippen LogP contribution in [-0.2, 0) is 0 Å². The molecule has 3 N–H and O–H groups in total. The molecule has 1 aromatic heterocycles. The highest BCUT2D eigenvalue weighted by atomic mass is 16.5. The van der Waals surface area contributed by atoms with Crippen LogP contribution < -0.4 is 14.8 Å². The molecular formula is C19H22N2O5. The minimum absolute atomic E-state index is 0.282. The fraction of sp³-hybridized carbons (Fsp3) is 0.368. The van der Waals surface area contributed by atoms with Crippen molar-refractivity contribution in [1.29, 1.82) is 0 Å². The van der Waals surface area contributed by atoms with Gasteiger partial charge in [-0.2, -0.15) is 0 Å². The van der Waals surface area contributed by atoms with Crippen molar-refractivity contribution in [1.82, 2.24) is 10.3 Å². The predicted octanol–water partition coefficient (Wildman–Crippen LogP) is 1.07. The zero-order valence-electron chi connectivity index (χ0n) is 14.6. The Morgan fingerprint density at radius 1 is 1.19 bits per heavy atom. The molecular weight excluding hydrogens is 336 g/mol. The third kappa shape index (κ3) is 3.95. The van der Waals surface area contributed by atoms with Gasteiger partial charge in [0.15, 0.2) is 0 Å². The van der Waals surface area contributed by atoms with E-state index in [1.165, 1.54) is 6.20 Å². The summed E-state index contributed by atoms with van der Waals surface area (Å²) in [6.45, 7) is 1.83. The van der Waals surface area contributed by atoms with Crippen LogP contribution in [0, 0.1) is 6.92 Å². The number of carbonyl (C=O) groups excluding carboxylic acids is 1. The maximum absolute atomic E-state index is 12.3. The summed E-state index contributed by atoms with van der Waals surface area (Å²) in [7, 11) is 1.55. The van der Waals surface area contributed by atoms with Crippen LogP contribution in [0.2, 0.25) is 0 Å². The molecule has 0 unspecified atom stereocenters. The number of nitrogens with zero attached hydrogens (tertiary/aromatic N) is 1. The van der Waals surface area contributed by atoms with Gasteiger partial charge in [-0.1, -0.05) is 6.07 Å². The van der Waals surface area contributed by atoms with Crippen molar-refractivity contribution < 1.29 is 24.5 Å². The van der Waals surface area contributed by atoms with Crippen molar-refractivity contribution in [3.63, 3.8) is 0 Å². The first-order chi connectivity index (χ1) is 12.5. The number of amides is 1. The van der Waals surface area contributed by atoms with Crippen LogP contribution in [0.5, 0.6) is 11.5 Å². The molecule has 0 saturated heterocycles. The highest BCUT2D eigenvalue weighted by Crippen LogP contribution is 2.28. The molecule has 1 aliphatic rings. The standard InChI is InChI=1S/C19H22N2O5/c1-11-6-7-12(10-20-11)19(24)21-15-9-16(18(23)17(15)22)26-14-5-3-4-13(8-14)25-2/h3-8,10,15-18,22-23H,9H2,1-2H3,(H,21,24)/t15-,16-,17+,18+/m1/s1. The first-order valence-corrected chi connectivity index (χ1v) is 8.38. The number of aliphatic hydroxyl groups is 2. The number of aromatic nitrogens is 1. The SMILES string of the molecule is COc1cccc(O[C@@H]2C[C@@H](NC(=O)c3ccc(C)nc3)[C@H](O)[C@H]2O)c1. The number of benzene rings is 1. The number of hydrogen-bond acceptors (Lipinski definition) is 6. The molecule has 0 spiro atoms. The summed E-state index contributed by atoms with van der Waals surface area (Å²) in [4.78, 5) is 16.4. The molecule has 1 aliphatic carbocycles. The topological polar surface area (TPSA) is 101 Å². The molecule has 1 fully saturated rings. The fourth-order valence-corrected chi connectivity index (χ4v) is 2.95. The van der Waals surface area contributed by atoms with Gasteiger partial charge in [-0.25, -0.2) is 0 Å². The number of rotatable bonds is 5. The molecule has 3 rings (SSSR count). The molecule has 1 heterocycles. The zero-order valence-corrected chi connectivity index (χ0v) is 14.6. The molecule has 1 amide bonds. The minimum atomic E-state index is -1.12. The van der Waals surface area contributed by atoms with Gasteiger partial charge < -0.3 is 25.0 Å². The molecule has 7 heteroatoms. The summed E-state index contributed by atoms with van der Waals surface area (Å²) in [5.41, 5.74) is 1.21. The van der Waals surface area contributed by atoms with Gasteiger partial charge >= 0.3 is 0 Å². The van der Waals surface area contributed by atoms with E-state index in [-0.39, 0.29) is 12.3 Å². The van der Waals surface area contributed by atoms with Crippen LogP contribution in [0.4, 0.5) is 0 Å². The molecule has 1 aromatic carbocycles. The Morgan fingerprint density at radius 3 is 2.65 bits per heavy atom. The van der Waals surface area contributed by atoms with Gasteiger partial charge in [0.1, 0.15) is 29.8 Å². The third-order valence-corrected chi connectivity index (χ3v) is 4.45. The van der Waals surface area contributed by atoms with E-state index in [0.29, 0.717) is 17.1 Å². The van der Waals surface area contributed by atoms with Crippen LogP contribution in [0.15, 0.2) is 42.6 Å². The molecule has 0 radical (unpaired) electrons. The number of aliphatic hydroxyl groups excluding tert-OH is 2. The summed E-state index contributed by atoms with van der Waals surface area (Å²) in [5.74, 6) is 0.804. The van der Waals surface area contributed by atoms with Gasteiger partial charge in [0.05, 0.1) is 18.7 Å². The van der Waals surface area contributed by atoms with Gasteiger partial charge in [-0.15, -0.1) is 0 Å². The van der Waals surface area contributed by atoms with Crippen LogP contribution in [0.25, 0.3) is 0 Å². The smallest absolute Gasteiger partial charge is 0.253 e. The second-order valence-corrected chi connectivity index (χ2v) is 6.32. The lowest BCUT2D eigenvalue weighted by Crippen LogP contribution is -2.43. The Morgan fingerprint density at radius 2 is 1.96 bits per heavy atom. The number of hydrogen-bond donors (Lipinski definition) is 3. The number of nitrogens with one attached hydrogen (secondary N) is 1. The average molecular weight is 358 g/mol. The summed E-state index contributed by atoms with van der Waals surface area (Å²) in [5, 5.41) is 23.3. The van der Waals surface area contributed by atoms with Crippen molar-refractivity contribution in [3.05, 3.63) is 53.9 Å². The number of carbonyl (C=O) groups is 1. The van der Waals surface area contributed by atoms with Crippen molar-refractivity contribution in [2.24, 2.45) is 0 Å². The van der Waals surface area contributed by atoms with Crippen molar-refractivity contribution in [2.45, 2.75) is 37.7 Å². The quantitative estimate of drug-likeness (QED) is 0.739. The van der Waals surface area contributed by atoms with E-state index in [1.54, 1.807) is 43.5 Å². The largest absolute Gasteiger partial charge is 0.497 e. The molecule has 2 aromatic rings. The Balaban J connectivity index is 1.65. The number of pyridine rings is 1. The normalized spacial score (nSPS) is 24.9. The maximum Gasteiger partial charge on any atom is 0.253 e. The summed E-state index contributed by atoms with van der Waals surface area (Å²) in [6, 6.07) is 9.79. The van der Waals surface area contributed by atoms with E-state index in [0.717, 1.165) is 5.69 Å². The Kier molecular flexibility index (Phi) is 5.39. The van der Waals surface area contributed by atoms with Crippen LogP contribution in [-0.4, -0.2) is 52.6 Å². The number of aryl methyl sites for hydroxylation is 1. The Hall–Kier alpha value is -2.64. The predicted molar refractivity (Wildman–Crippen MR) is 94.3 cm³/mol. The van der Waals surface area contributed by atoms with Crippen molar-refractivity contribution >= 4 is 5.91 Å². The summed E-state index contributed by atoms with van der Waals surface area (Å²) < 4.78 is 10.9. The lowest BCUT2D eigenvalue weighted by molar-refractivity contribution is -0.0135. The second kappa shape index (κ2) is 7.72. The van der Waals surface area contributed by atoms with Crippen molar-refractivity contribution in [2.75, 3.05) is 7.11 Å². The molecule has 138 valence electrons. The summed E-state index contributed by atoms with van der Waals surface area (Å²) in [6.07, 6.45) is -1.11. The fourth-order valence-electron chi connectivity index (χ4n) is 2.95. The first-order valence-electron chi connectivity index (χ1n) is 8.38. The lowest BCUT2D eigenvalue weighted by Gasteiger charge is -2.18. The molecule has 26 heavy (non-hydrogen) atoms. The van der Waals surface area contributed by atoms with E-state index in [1.807, 2.05) is 6.92 Å². The van der Waals surface area contributed by atoms with E-state index >= 15 is 0 Å². The van der Waals surface area contributed by atoms with Crippen molar-refractivity contribution in [3.8, 4) is 11.5 Å². The van der Waals surface area contributed by atoms with Gasteiger partial charge in [0.25, 0.3) is 5.91 Å². The molecule has 0 bridgehead atoms. The number of methoxy groups -OCH3 is 1. The lowest BCUT2D eigenvalue weighted by atomic mass is 10.1. The van der Waals surface area contributed by atoms with Gasteiger partial charge in [-0.05, 0) is 31.2 Å². The molecule has 0 aliphatic heterocycles. The van der Waals surface area contributed by atoms with Gasteiger partial charge in [0.2, 0.25) is 0 Å². The van der Waals surface area contributed by atoms with Crippen LogP contribution in [0.1, 0.15) is 22.5 Å². The molecule has 1 saturated carbocycles. The Bertz CT molecular complexity index is 765. The zero-order chi connectivity index (χ0) is 18.7. The number of ether oxygens (including phenoxy) is 2. The highest BCUT2D eigenvalue weighted by molar-refractivity contribution is 5.94. The maximum atomic E-state index is 12.3. The van der Waals surface area contributed by atoms with Gasteiger partial charge in [0, 0.05) is 24.4 Å². The van der Waals surface area contributed by atoms with Crippen LogP contribution in [0.3, 0.4) is 0 Å². The van der Waals surface area contributed by atoms with Crippen LogP contribution >= 0.6 is 0 Å². The average Bonchev–Trinajstić information content (AvgIpc) is 2.90. The minimum Gasteiger partial charge on any atom is -0.497 e. The van der Waals surface area contributed by atoms with E-state index in [9.17, 15) is 15.0 Å². The molecule has 7 nitrogen and oxygen atoms in total. The van der Waals surface area contributed by atoms with E-state index < -0.39 is 24.4 Å². The second-order valence-electron chi connectivity index (χ2n) is 6.32. The Labute approximate surface area is 151 Å². The molecule has 4 atom stereocenters. The monoisotopic (exact) mass is 358 g/mol. The highest BCUT2D eigenvalue weighted by Gasteiger charge is 2.43. The van der Waals surface area contributed by atoms with E-state index in [2.05, 4.69) is 10.3 Å². The summed E-state index contributed by atoms with van der Waals surface area (Å²) >= 11 is 0. The first kappa shape index (κ1) is 18.2. The third-order valence-electron chi connectivity index (χ3n) is 4.45.